The molecule has 3 aromatic rings. The Hall–Kier alpha value is -2.77. The van der Waals surface area contributed by atoms with Gasteiger partial charge in [0.2, 0.25) is 5.95 Å². The molecular formula is C15H17FN6O. The summed E-state index contributed by atoms with van der Waals surface area (Å²) in [6, 6.07) is 3.52. The number of hydrogen-bond donors (Lipinski definition) is 2. The van der Waals surface area contributed by atoms with Gasteiger partial charge in [0, 0.05) is 24.7 Å². The van der Waals surface area contributed by atoms with Crippen LogP contribution in [0.2, 0.25) is 0 Å². The van der Waals surface area contributed by atoms with Crippen molar-refractivity contribution in [3.8, 4) is 11.3 Å². The predicted molar refractivity (Wildman–Crippen MR) is 86.3 cm³/mol. The molecule has 0 radical (unpaired) electrons. The summed E-state index contributed by atoms with van der Waals surface area (Å²) in [7, 11) is 0. The maximum Gasteiger partial charge on any atom is 0.261 e. The molecule has 120 valence electrons. The van der Waals surface area contributed by atoms with Gasteiger partial charge in [-0.3, -0.25) is 14.5 Å². The summed E-state index contributed by atoms with van der Waals surface area (Å²) in [4.78, 5) is 21.4. The molecule has 2 N–H and O–H groups in total. The zero-order valence-corrected chi connectivity index (χ0v) is 12.9. The fourth-order valence-corrected chi connectivity index (χ4v) is 2.52. The number of anilines is 1. The number of pyridine rings is 1. The maximum atomic E-state index is 12.7. The van der Waals surface area contributed by atoms with Crippen LogP contribution in [-0.2, 0) is 6.54 Å². The number of aromatic amines is 1. The highest BCUT2D eigenvalue weighted by Crippen LogP contribution is 2.21. The molecule has 3 heterocycles. The van der Waals surface area contributed by atoms with Crippen molar-refractivity contribution in [2.75, 3.05) is 18.5 Å². The Morgan fingerprint density at radius 2 is 2.22 bits per heavy atom. The standard InChI is InChI=1S/C15H17FN6O/c1-3-22-13-10(9(2)19-15(20-13)17-7-5-16)8-11(14(22)23)12-4-6-18-21-12/h4,6,8H,3,5,7H2,1-2H3,(H,18,21)(H,17,19,20). The molecule has 0 aliphatic rings. The molecule has 0 spiro atoms. The quantitative estimate of drug-likeness (QED) is 0.750. The van der Waals surface area contributed by atoms with Crippen molar-refractivity contribution in [3.05, 3.63) is 34.4 Å². The first-order valence-corrected chi connectivity index (χ1v) is 7.37. The third-order valence-electron chi connectivity index (χ3n) is 3.62. The van der Waals surface area contributed by atoms with E-state index in [0.717, 1.165) is 11.1 Å². The number of nitrogens with one attached hydrogen (secondary N) is 2. The van der Waals surface area contributed by atoms with Crippen molar-refractivity contribution in [2.45, 2.75) is 20.4 Å². The van der Waals surface area contributed by atoms with Gasteiger partial charge in [0.1, 0.15) is 12.3 Å². The number of halogens is 1. The van der Waals surface area contributed by atoms with Gasteiger partial charge in [-0.2, -0.15) is 10.1 Å². The van der Waals surface area contributed by atoms with Crippen molar-refractivity contribution in [1.82, 2.24) is 24.7 Å². The number of alkyl halides is 1. The normalized spacial score (nSPS) is 11.1. The van der Waals surface area contributed by atoms with E-state index in [-0.39, 0.29) is 12.1 Å². The monoisotopic (exact) mass is 316 g/mol. The van der Waals surface area contributed by atoms with Crippen molar-refractivity contribution in [1.29, 1.82) is 0 Å². The first-order chi connectivity index (χ1) is 11.2. The first-order valence-electron chi connectivity index (χ1n) is 7.37. The maximum absolute atomic E-state index is 12.7. The average Bonchev–Trinajstić information content (AvgIpc) is 3.06. The van der Waals surface area contributed by atoms with Crippen LogP contribution in [0.5, 0.6) is 0 Å². The molecular weight excluding hydrogens is 299 g/mol. The van der Waals surface area contributed by atoms with Crippen LogP contribution in [0.25, 0.3) is 22.3 Å². The summed E-state index contributed by atoms with van der Waals surface area (Å²) in [5, 5.41) is 10.3. The lowest BCUT2D eigenvalue weighted by Gasteiger charge is -2.13. The van der Waals surface area contributed by atoms with Gasteiger partial charge in [-0.05, 0) is 26.0 Å². The predicted octanol–water partition coefficient (Wildman–Crippen LogP) is 1.89. The minimum absolute atomic E-state index is 0.132. The third kappa shape index (κ3) is 2.67. The van der Waals surface area contributed by atoms with E-state index < -0.39 is 6.67 Å². The minimum atomic E-state index is -0.514. The Morgan fingerprint density at radius 3 is 2.87 bits per heavy atom. The number of aromatic nitrogens is 5. The van der Waals surface area contributed by atoms with E-state index in [0.29, 0.717) is 29.4 Å². The molecule has 0 aromatic carbocycles. The molecule has 23 heavy (non-hydrogen) atoms. The largest absolute Gasteiger partial charge is 0.352 e. The van der Waals surface area contributed by atoms with E-state index in [1.165, 1.54) is 0 Å². The van der Waals surface area contributed by atoms with Gasteiger partial charge in [-0.15, -0.1) is 0 Å². The molecule has 0 saturated carbocycles. The molecule has 0 saturated heterocycles. The average molecular weight is 316 g/mol. The lowest BCUT2D eigenvalue weighted by Crippen LogP contribution is -2.23. The topological polar surface area (TPSA) is 88.5 Å². The van der Waals surface area contributed by atoms with Crippen molar-refractivity contribution < 1.29 is 4.39 Å². The molecule has 0 amide bonds. The first kappa shape index (κ1) is 15.1. The lowest BCUT2D eigenvalue weighted by molar-refractivity contribution is 0.512. The highest BCUT2D eigenvalue weighted by atomic mass is 19.1. The highest BCUT2D eigenvalue weighted by molar-refractivity contribution is 5.83. The molecule has 8 heteroatoms. The van der Waals surface area contributed by atoms with Crippen molar-refractivity contribution in [3.63, 3.8) is 0 Å². The minimum Gasteiger partial charge on any atom is -0.352 e. The van der Waals surface area contributed by atoms with Crippen LogP contribution in [0.4, 0.5) is 10.3 Å². The molecule has 0 aliphatic carbocycles. The van der Waals surface area contributed by atoms with E-state index in [9.17, 15) is 9.18 Å². The zero-order chi connectivity index (χ0) is 16.4. The number of aryl methyl sites for hydroxylation is 2. The second kappa shape index (κ2) is 6.15. The Morgan fingerprint density at radius 1 is 1.39 bits per heavy atom. The summed E-state index contributed by atoms with van der Waals surface area (Å²) in [5.74, 6) is 0.323. The van der Waals surface area contributed by atoms with E-state index in [4.69, 9.17) is 0 Å². The van der Waals surface area contributed by atoms with Gasteiger partial charge in [0.25, 0.3) is 5.56 Å². The van der Waals surface area contributed by atoms with Crippen LogP contribution in [0.1, 0.15) is 12.6 Å². The van der Waals surface area contributed by atoms with Crippen LogP contribution < -0.4 is 10.9 Å². The number of rotatable bonds is 5. The van der Waals surface area contributed by atoms with Crippen molar-refractivity contribution >= 4 is 17.0 Å². The second-order valence-electron chi connectivity index (χ2n) is 5.06. The summed E-state index contributed by atoms with van der Waals surface area (Å²) in [6.45, 7) is 3.80. The van der Waals surface area contributed by atoms with Gasteiger partial charge in [-0.1, -0.05) is 0 Å². The van der Waals surface area contributed by atoms with E-state index in [1.807, 2.05) is 13.8 Å². The Labute approximate surface area is 131 Å². The fraction of sp³-hybridized carbons (Fsp3) is 0.333. The van der Waals surface area contributed by atoms with Gasteiger partial charge in [-0.25, -0.2) is 9.37 Å². The van der Waals surface area contributed by atoms with E-state index >= 15 is 0 Å². The van der Waals surface area contributed by atoms with Crippen molar-refractivity contribution in [2.24, 2.45) is 0 Å². The van der Waals surface area contributed by atoms with E-state index in [2.05, 4.69) is 25.5 Å². The Bertz CT molecular complexity index is 887. The van der Waals surface area contributed by atoms with Crippen LogP contribution in [0.15, 0.2) is 23.1 Å². The molecule has 0 aliphatic heterocycles. The number of H-pyrrole nitrogens is 1. The summed E-state index contributed by atoms with van der Waals surface area (Å²) < 4.78 is 13.9. The molecule has 3 aromatic heterocycles. The molecule has 0 fully saturated rings. The van der Waals surface area contributed by atoms with Crippen LogP contribution in [-0.4, -0.2) is 38.0 Å². The molecule has 0 bridgehead atoms. The smallest absolute Gasteiger partial charge is 0.261 e. The van der Waals surface area contributed by atoms with E-state index in [1.54, 1.807) is 22.9 Å². The van der Waals surface area contributed by atoms with Crippen LogP contribution in [0.3, 0.4) is 0 Å². The molecule has 0 atom stereocenters. The summed E-state index contributed by atoms with van der Waals surface area (Å²) in [5.41, 5.74) is 2.28. The van der Waals surface area contributed by atoms with Gasteiger partial charge < -0.3 is 5.32 Å². The lowest BCUT2D eigenvalue weighted by atomic mass is 10.1. The Balaban J connectivity index is 2.27. The van der Waals surface area contributed by atoms with Gasteiger partial charge in [0.05, 0.1) is 17.0 Å². The molecule has 7 nitrogen and oxygen atoms in total. The SMILES string of the molecule is CCn1c(=O)c(-c2ccn[nH]2)cc2c(C)nc(NCCF)nc21. The summed E-state index contributed by atoms with van der Waals surface area (Å²) >= 11 is 0. The number of hydrogen-bond acceptors (Lipinski definition) is 5. The highest BCUT2D eigenvalue weighted by Gasteiger charge is 2.15. The summed E-state index contributed by atoms with van der Waals surface area (Å²) in [6.07, 6.45) is 1.60. The second-order valence-corrected chi connectivity index (χ2v) is 5.06. The fourth-order valence-electron chi connectivity index (χ4n) is 2.52. The number of nitrogens with zero attached hydrogens (tertiary/aromatic N) is 4. The molecule has 0 unspecified atom stereocenters. The van der Waals surface area contributed by atoms with Gasteiger partial charge in [0.15, 0.2) is 0 Å². The zero-order valence-electron chi connectivity index (χ0n) is 12.9. The van der Waals surface area contributed by atoms with Crippen LogP contribution >= 0.6 is 0 Å². The third-order valence-corrected chi connectivity index (χ3v) is 3.62. The molecule has 3 rings (SSSR count). The Kier molecular flexibility index (Phi) is 4.05. The van der Waals surface area contributed by atoms with Gasteiger partial charge >= 0.3 is 0 Å². The van der Waals surface area contributed by atoms with Crippen LogP contribution in [0, 0.1) is 6.92 Å². The number of fused-ring (bicyclic) bond motifs is 1.